The van der Waals surface area contributed by atoms with Crippen LogP contribution in [0.5, 0.6) is 5.75 Å². The van der Waals surface area contributed by atoms with Crippen molar-refractivity contribution in [2.75, 3.05) is 13.1 Å². The largest absolute Gasteiger partial charge is 0.604 e. The number of piperidine rings is 1. The van der Waals surface area contributed by atoms with Gasteiger partial charge in [-0.2, -0.15) is 0 Å². The van der Waals surface area contributed by atoms with Gasteiger partial charge in [0.05, 0.1) is 21.9 Å². The van der Waals surface area contributed by atoms with E-state index in [1.165, 1.54) is 24.3 Å². The van der Waals surface area contributed by atoms with Crippen molar-refractivity contribution in [3.8, 4) is 5.75 Å². The molecule has 1 aliphatic rings. The first-order valence-corrected chi connectivity index (χ1v) is 12.0. The monoisotopic (exact) mass is 492 g/mol. The molecule has 1 N–H and O–H groups in total. The fraction of sp³-hybridized carbons (Fsp3) is 0.524. The molecule has 1 saturated heterocycles. The quantitative estimate of drug-likeness (QED) is 0.462. The number of ether oxygens (including phenoxy) is 2. The van der Waals surface area contributed by atoms with Gasteiger partial charge in [-0.3, -0.25) is 4.79 Å². The van der Waals surface area contributed by atoms with Crippen molar-refractivity contribution in [3.05, 3.63) is 40.3 Å². The molecule has 0 radical (unpaired) electrons. The summed E-state index contributed by atoms with van der Waals surface area (Å²) in [5, 5.41) is 6.38. The molecule has 6 nitrogen and oxygen atoms in total. The fourth-order valence-corrected chi connectivity index (χ4v) is 4.37. The number of nitrogens with zero attached hydrogens (tertiary/aromatic N) is 1. The molecule has 0 bridgehead atoms. The molecule has 2 heterocycles. The standard InChI is InChI=1S/C16H17F3N2O2S2.C5H10O2/c17-16(18,19)25(22)14-3-1-13(2-4-14)23-9-12-10-24-15(21-12)11-5-7-20-8-6-11;1-5(2,3)7-4-6/h1-4,10-11,20H,5-9H2;4H,1-3H3. The predicted octanol–water partition coefficient (Wildman–Crippen LogP) is 4.77. The summed E-state index contributed by atoms with van der Waals surface area (Å²) in [5.74, 6) is 0.899. The second-order valence-electron chi connectivity index (χ2n) is 8.00. The van der Waals surface area contributed by atoms with Gasteiger partial charge >= 0.3 is 5.51 Å². The maximum Gasteiger partial charge on any atom is 0.578 e. The molecule has 0 saturated carbocycles. The lowest BCUT2D eigenvalue weighted by Gasteiger charge is -2.20. The molecule has 1 aliphatic heterocycles. The number of rotatable bonds is 6. The van der Waals surface area contributed by atoms with E-state index in [9.17, 15) is 22.5 Å². The third-order valence-corrected chi connectivity index (χ3v) is 6.47. The van der Waals surface area contributed by atoms with Crippen molar-refractivity contribution in [2.45, 2.75) is 62.1 Å². The van der Waals surface area contributed by atoms with Gasteiger partial charge in [0.15, 0.2) is 4.90 Å². The molecule has 1 aromatic heterocycles. The number of nitrogens with one attached hydrogen (secondary N) is 1. The van der Waals surface area contributed by atoms with Gasteiger partial charge in [0.1, 0.15) is 18.0 Å². The minimum Gasteiger partial charge on any atom is -0.604 e. The molecule has 11 heteroatoms. The smallest absolute Gasteiger partial charge is 0.578 e. The molecule has 0 amide bonds. The third-order valence-electron chi connectivity index (χ3n) is 4.29. The first kappa shape index (κ1) is 26.4. The summed E-state index contributed by atoms with van der Waals surface area (Å²) in [6.45, 7) is 8.18. The van der Waals surface area contributed by atoms with Crippen molar-refractivity contribution >= 4 is 29.0 Å². The van der Waals surface area contributed by atoms with Crippen molar-refractivity contribution < 1.29 is 32.0 Å². The third kappa shape index (κ3) is 8.97. The number of hydrogen-bond donors (Lipinski definition) is 1. The molecule has 1 fully saturated rings. The van der Waals surface area contributed by atoms with Crippen molar-refractivity contribution in [3.63, 3.8) is 0 Å². The summed E-state index contributed by atoms with van der Waals surface area (Å²) in [4.78, 5) is 13.9. The number of thiazole rings is 1. The molecule has 1 atom stereocenters. The Morgan fingerprint density at radius 3 is 2.34 bits per heavy atom. The average molecular weight is 493 g/mol. The van der Waals surface area contributed by atoms with E-state index in [1.54, 1.807) is 11.3 Å². The van der Waals surface area contributed by atoms with Crippen LogP contribution in [-0.2, 0) is 27.3 Å². The number of carbonyl (C=O) groups excluding carboxylic acids is 1. The summed E-state index contributed by atoms with van der Waals surface area (Å²) in [6, 6.07) is 5.11. The fourth-order valence-electron chi connectivity index (χ4n) is 2.74. The molecule has 0 aliphatic carbocycles. The Hall–Kier alpha value is -1.82. The van der Waals surface area contributed by atoms with Gasteiger partial charge in [0, 0.05) is 11.3 Å². The van der Waals surface area contributed by atoms with Crippen LogP contribution in [0.2, 0.25) is 0 Å². The van der Waals surface area contributed by atoms with E-state index >= 15 is 0 Å². The summed E-state index contributed by atoms with van der Waals surface area (Å²) in [7, 11) is 0. The van der Waals surface area contributed by atoms with E-state index in [1.807, 2.05) is 26.2 Å². The summed E-state index contributed by atoms with van der Waals surface area (Å²) in [6.07, 6.45) is 2.15. The zero-order valence-corrected chi connectivity index (χ0v) is 19.7. The second-order valence-corrected chi connectivity index (χ2v) is 10.4. The molecular weight excluding hydrogens is 465 g/mol. The minimum absolute atomic E-state index is 0.253. The minimum atomic E-state index is -4.76. The van der Waals surface area contributed by atoms with E-state index in [-0.39, 0.29) is 17.1 Å². The highest BCUT2D eigenvalue weighted by Crippen LogP contribution is 2.31. The molecule has 178 valence electrons. The zero-order valence-electron chi connectivity index (χ0n) is 18.1. The van der Waals surface area contributed by atoms with E-state index in [0.29, 0.717) is 18.1 Å². The Balaban J connectivity index is 0.000000451. The number of halogens is 3. The Kier molecular flexibility index (Phi) is 9.81. The lowest BCUT2D eigenvalue weighted by Crippen LogP contribution is -2.26. The van der Waals surface area contributed by atoms with E-state index in [0.717, 1.165) is 36.6 Å². The maximum absolute atomic E-state index is 12.4. The van der Waals surface area contributed by atoms with Gasteiger partial charge in [0.2, 0.25) is 0 Å². The van der Waals surface area contributed by atoms with Crippen LogP contribution in [0, 0.1) is 0 Å². The van der Waals surface area contributed by atoms with Crippen molar-refractivity contribution in [2.24, 2.45) is 0 Å². The topological polar surface area (TPSA) is 83.5 Å². The molecule has 3 rings (SSSR count). The number of benzene rings is 1. The van der Waals surface area contributed by atoms with Crippen LogP contribution < -0.4 is 10.1 Å². The number of hydrogen-bond acceptors (Lipinski definition) is 7. The van der Waals surface area contributed by atoms with Crippen LogP contribution in [0.15, 0.2) is 34.5 Å². The lowest BCUT2D eigenvalue weighted by molar-refractivity contribution is -0.138. The van der Waals surface area contributed by atoms with E-state index in [4.69, 9.17) is 4.74 Å². The highest BCUT2D eigenvalue weighted by molar-refractivity contribution is 7.92. The van der Waals surface area contributed by atoms with E-state index in [2.05, 4.69) is 15.0 Å². The molecule has 1 aromatic carbocycles. The zero-order chi connectivity index (χ0) is 23.8. The van der Waals surface area contributed by atoms with E-state index < -0.39 is 16.7 Å². The second kappa shape index (κ2) is 11.9. The Morgan fingerprint density at radius 1 is 1.22 bits per heavy atom. The van der Waals surface area contributed by atoms with Crippen LogP contribution in [0.1, 0.15) is 50.2 Å². The highest BCUT2D eigenvalue weighted by atomic mass is 32.2. The van der Waals surface area contributed by atoms with Crippen LogP contribution in [0.3, 0.4) is 0 Å². The Morgan fingerprint density at radius 2 is 1.84 bits per heavy atom. The summed E-state index contributed by atoms with van der Waals surface area (Å²) in [5.41, 5.74) is -4.27. The predicted molar refractivity (Wildman–Crippen MR) is 117 cm³/mol. The SMILES string of the molecule is CC(C)(C)OC=O.[O-][S+](c1ccc(OCc2csc(C3CCNCC3)n2)cc1)C(F)(F)F. The summed E-state index contributed by atoms with van der Waals surface area (Å²) >= 11 is -1.40. The molecule has 2 aromatic rings. The summed E-state index contributed by atoms with van der Waals surface area (Å²) < 4.78 is 58.6. The highest BCUT2D eigenvalue weighted by Gasteiger charge is 2.46. The molecule has 32 heavy (non-hydrogen) atoms. The van der Waals surface area contributed by atoms with Crippen LogP contribution >= 0.6 is 11.3 Å². The first-order valence-electron chi connectivity index (χ1n) is 9.97. The molecular formula is C21H27F3N2O4S2. The Labute approximate surface area is 192 Å². The van der Waals surface area contributed by atoms with Crippen molar-refractivity contribution in [1.82, 2.24) is 10.3 Å². The lowest BCUT2D eigenvalue weighted by atomic mass is 9.99. The number of alkyl halides is 3. The van der Waals surface area contributed by atoms with Crippen LogP contribution in [0.4, 0.5) is 13.2 Å². The number of carbonyl (C=O) groups is 1. The van der Waals surface area contributed by atoms with Gasteiger partial charge < -0.3 is 19.3 Å². The van der Waals surface area contributed by atoms with Gasteiger partial charge in [-0.1, -0.05) is 0 Å². The Bertz CT molecular complexity index is 833. The van der Waals surface area contributed by atoms with Crippen LogP contribution in [-0.4, -0.2) is 40.2 Å². The maximum atomic E-state index is 12.4. The van der Waals surface area contributed by atoms with Crippen LogP contribution in [0.25, 0.3) is 0 Å². The molecule has 1 unspecified atom stereocenters. The first-order chi connectivity index (χ1) is 15.0. The van der Waals surface area contributed by atoms with Gasteiger partial charge in [-0.15, -0.1) is 24.5 Å². The van der Waals surface area contributed by atoms with Gasteiger partial charge in [0.25, 0.3) is 6.47 Å². The van der Waals surface area contributed by atoms with Gasteiger partial charge in [-0.05, 0) is 71.0 Å². The normalized spacial score (nSPS) is 16.0. The average Bonchev–Trinajstić information content (AvgIpc) is 3.21. The number of aromatic nitrogens is 1. The van der Waals surface area contributed by atoms with Crippen molar-refractivity contribution in [1.29, 1.82) is 0 Å². The molecule has 0 spiro atoms. The van der Waals surface area contributed by atoms with Gasteiger partial charge in [-0.25, -0.2) is 4.98 Å².